The predicted molar refractivity (Wildman–Crippen MR) is 67.2 cm³/mol. The Hall–Kier alpha value is -1.55. The van der Waals surface area contributed by atoms with Crippen molar-refractivity contribution in [3.63, 3.8) is 0 Å². The molecule has 0 aromatic heterocycles. The van der Waals surface area contributed by atoms with Crippen molar-refractivity contribution in [3.8, 4) is 11.5 Å². The fourth-order valence-electron chi connectivity index (χ4n) is 2.51. The van der Waals surface area contributed by atoms with E-state index < -0.39 is 5.60 Å². The monoisotopic (exact) mass is 250 g/mol. The Morgan fingerprint density at radius 1 is 1.22 bits per heavy atom. The number of aliphatic hydroxyl groups is 1. The summed E-state index contributed by atoms with van der Waals surface area (Å²) in [5.74, 6) is 1.29. The average molecular weight is 250 g/mol. The molecule has 0 unspecified atom stereocenters. The van der Waals surface area contributed by atoms with Crippen LogP contribution in [0.3, 0.4) is 0 Å². The van der Waals surface area contributed by atoms with E-state index >= 15 is 0 Å². The van der Waals surface area contributed by atoms with E-state index in [9.17, 15) is 9.90 Å². The molecular weight excluding hydrogens is 232 g/mol. The number of hydrogen-bond acceptors (Lipinski definition) is 4. The molecule has 0 radical (unpaired) electrons. The number of Topliss-reactive ketones (excluding diaryl/α,β-unsaturated/α-hetero) is 1. The highest BCUT2D eigenvalue weighted by atomic mass is 16.5. The zero-order chi connectivity index (χ0) is 13.3. The number of methoxy groups -OCH3 is 2. The van der Waals surface area contributed by atoms with Crippen LogP contribution in [-0.2, 0) is 17.6 Å². The molecule has 1 atom stereocenters. The van der Waals surface area contributed by atoms with Gasteiger partial charge in [0, 0.05) is 17.5 Å². The molecule has 0 bridgehead atoms. The van der Waals surface area contributed by atoms with Gasteiger partial charge in [0.25, 0.3) is 0 Å². The number of carbonyl (C=O) groups is 1. The zero-order valence-electron chi connectivity index (χ0n) is 10.9. The summed E-state index contributed by atoms with van der Waals surface area (Å²) in [7, 11) is 3.21. The lowest BCUT2D eigenvalue weighted by Gasteiger charge is -2.32. The summed E-state index contributed by atoms with van der Waals surface area (Å²) < 4.78 is 10.6. The molecule has 2 rings (SSSR count). The summed E-state index contributed by atoms with van der Waals surface area (Å²) in [5, 5.41) is 10.3. The zero-order valence-corrected chi connectivity index (χ0v) is 10.9. The van der Waals surface area contributed by atoms with Crippen LogP contribution in [0.25, 0.3) is 0 Å². The maximum Gasteiger partial charge on any atom is 0.161 e. The Kier molecular flexibility index (Phi) is 3.30. The lowest BCUT2D eigenvalue weighted by atomic mass is 9.77. The van der Waals surface area contributed by atoms with Crippen LogP contribution in [0.1, 0.15) is 24.5 Å². The van der Waals surface area contributed by atoms with Gasteiger partial charge in [-0.25, -0.2) is 0 Å². The quantitative estimate of drug-likeness (QED) is 0.883. The van der Waals surface area contributed by atoms with Crippen LogP contribution in [0.5, 0.6) is 11.5 Å². The summed E-state index contributed by atoms with van der Waals surface area (Å²) in [5.41, 5.74) is 0.635. The highest BCUT2D eigenvalue weighted by Gasteiger charge is 2.38. The molecule has 98 valence electrons. The van der Waals surface area contributed by atoms with Gasteiger partial charge in [-0.1, -0.05) is 0 Å². The van der Waals surface area contributed by atoms with Crippen LogP contribution in [0.15, 0.2) is 12.1 Å². The largest absolute Gasteiger partial charge is 0.496 e. The van der Waals surface area contributed by atoms with Crippen molar-refractivity contribution in [2.75, 3.05) is 14.2 Å². The van der Waals surface area contributed by atoms with Crippen molar-refractivity contribution in [3.05, 3.63) is 23.3 Å². The Morgan fingerprint density at radius 3 is 2.28 bits per heavy atom. The van der Waals surface area contributed by atoms with Gasteiger partial charge in [-0.2, -0.15) is 0 Å². The van der Waals surface area contributed by atoms with Crippen molar-refractivity contribution in [1.29, 1.82) is 0 Å². The lowest BCUT2D eigenvalue weighted by molar-refractivity contribution is -0.136. The third-order valence-corrected chi connectivity index (χ3v) is 3.70. The van der Waals surface area contributed by atoms with Crippen LogP contribution < -0.4 is 9.47 Å². The number of ketones is 1. The predicted octanol–water partition coefficient (Wildman–Crippen LogP) is 1.51. The van der Waals surface area contributed by atoms with E-state index in [1.165, 1.54) is 6.92 Å². The van der Waals surface area contributed by atoms with E-state index in [2.05, 4.69) is 0 Å². The van der Waals surface area contributed by atoms with Crippen molar-refractivity contribution >= 4 is 5.78 Å². The summed E-state index contributed by atoms with van der Waals surface area (Å²) in [6.07, 6.45) is 1.34. The van der Waals surface area contributed by atoms with Crippen LogP contribution >= 0.6 is 0 Å². The van der Waals surface area contributed by atoms with Gasteiger partial charge >= 0.3 is 0 Å². The minimum absolute atomic E-state index is 0.196. The Balaban J connectivity index is 2.50. The number of ether oxygens (including phenoxy) is 2. The molecule has 0 aliphatic heterocycles. The summed E-state index contributed by atoms with van der Waals surface area (Å²) in [6, 6.07) is 3.67. The van der Waals surface area contributed by atoms with Crippen molar-refractivity contribution in [1.82, 2.24) is 0 Å². The van der Waals surface area contributed by atoms with E-state index in [4.69, 9.17) is 9.47 Å². The van der Waals surface area contributed by atoms with Gasteiger partial charge in [-0.05, 0) is 31.9 Å². The van der Waals surface area contributed by atoms with Gasteiger partial charge in [0.2, 0.25) is 0 Å². The van der Waals surface area contributed by atoms with Gasteiger partial charge in [-0.3, -0.25) is 4.79 Å². The second kappa shape index (κ2) is 4.61. The van der Waals surface area contributed by atoms with Crippen LogP contribution in [0.4, 0.5) is 0 Å². The molecule has 1 aliphatic carbocycles. The molecule has 0 heterocycles. The standard InChI is InChI=1S/C14H18O4/c1-9(15)14(16)7-6-10-11(8-14)13(18-3)5-4-12(10)17-2/h4-5,16H,6-8H2,1-3H3/t14-/m0/s1. The maximum absolute atomic E-state index is 11.6. The first kappa shape index (κ1) is 12.9. The normalized spacial score (nSPS) is 22.2. The number of carbonyl (C=O) groups excluding carboxylic acids is 1. The Bertz CT molecular complexity index is 481. The number of benzene rings is 1. The molecule has 4 heteroatoms. The molecule has 0 spiro atoms. The number of fused-ring (bicyclic) bond motifs is 1. The molecule has 0 amide bonds. The first-order chi connectivity index (χ1) is 8.51. The average Bonchev–Trinajstić information content (AvgIpc) is 2.37. The van der Waals surface area contributed by atoms with E-state index in [0.29, 0.717) is 18.6 Å². The third-order valence-electron chi connectivity index (χ3n) is 3.70. The molecule has 0 fully saturated rings. The first-order valence-corrected chi connectivity index (χ1v) is 5.98. The van der Waals surface area contributed by atoms with Gasteiger partial charge in [0.1, 0.15) is 17.1 Å². The SMILES string of the molecule is COc1ccc(OC)c2c1CC[C@@](O)(C(C)=O)C2. The molecule has 4 nitrogen and oxygen atoms in total. The van der Waals surface area contributed by atoms with Gasteiger partial charge < -0.3 is 14.6 Å². The fraction of sp³-hybridized carbons (Fsp3) is 0.500. The van der Waals surface area contributed by atoms with Crippen molar-refractivity contribution < 1.29 is 19.4 Å². The molecule has 0 saturated heterocycles. The van der Waals surface area contributed by atoms with Crippen molar-refractivity contribution in [2.45, 2.75) is 31.8 Å². The highest BCUT2D eigenvalue weighted by molar-refractivity contribution is 5.85. The molecular formula is C14H18O4. The summed E-state index contributed by atoms with van der Waals surface area (Å²) in [6.45, 7) is 1.43. The molecule has 1 aliphatic rings. The van der Waals surface area contributed by atoms with E-state index in [-0.39, 0.29) is 12.2 Å². The van der Waals surface area contributed by atoms with Crippen molar-refractivity contribution in [2.24, 2.45) is 0 Å². The maximum atomic E-state index is 11.6. The number of hydrogen-bond donors (Lipinski definition) is 1. The minimum atomic E-state index is -1.27. The smallest absolute Gasteiger partial charge is 0.161 e. The second-order valence-corrected chi connectivity index (χ2v) is 4.69. The van der Waals surface area contributed by atoms with E-state index in [1.54, 1.807) is 14.2 Å². The minimum Gasteiger partial charge on any atom is -0.496 e. The summed E-state index contributed by atoms with van der Waals surface area (Å²) in [4.78, 5) is 11.6. The van der Waals surface area contributed by atoms with E-state index in [1.807, 2.05) is 12.1 Å². The van der Waals surface area contributed by atoms with Gasteiger partial charge in [-0.15, -0.1) is 0 Å². The van der Waals surface area contributed by atoms with Gasteiger partial charge in [0.15, 0.2) is 5.78 Å². The molecule has 1 aromatic rings. The molecule has 1 aromatic carbocycles. The second-order valence-electron chi connectivity index (χ2n) is 4.69. The Labute approximate surface area is 107 Å². The van der Waals surface area contributed by atoms with E-state index in [0.717, 1.165) is 16.9 Å². The van der Waals surface area contributed by atoms with Crippen LogP contribution in [-0.4, -0.2) is 30.7 Å². The van der Waals surface area contributed by atoms with Crippen LogP contribution in [0.2, 0.25) is 0 Å². The fourth-order valence-corrected chi connectivity index (χ4v) is 2.51. The lowest BCUT2D eigenvalue weighted by Crippen LogP contribution is -2.42. The molecule has 0 saturated carbocycles. The topological polar surface area (TPSA) is 55.8 Å². The highest BCUT2D eigenvalue weighted by Crippen LogP contribution is 2.39. The Morgan fingerprint density at radius 2 is 1.78 bits per heavy atom. The number of rotatable bonds is 3. The summed E-state index contributed by atoms with van der Waals surface area (Å²) >= 11 is 0. The third kappa shape index (κ3) is 1.97. The molecule has 1 N–H and O–H groups in total. The van der Waals surface area contributed by atoms with Crippen LogP contribution in [0, 0.1) is 0 Å². The van der Waals surface area contributed by atoms with Gasteiger partial charge in [0.05, 0.1) is 14.2 Å². The first-order valence-electron chi connectivity index (χ1n) is 5.98. The molecule has 18 heavy (non-hydrogen) atoms.